The van der Waals surface area contributed by atoms with Gasteiger partial charge in [0.15, 0.2) is 11.7 Å². The van der Waals surface area contributed by atoms with Crippen LogP contribution in [0.2, 0.25) is 0 Å². The van der Waals surface area contributed by atoms with E-state index in [9.17, 15) is 24.5 Å². The molecule has 1 unspecified atom stereocenters. The first kappa shape index (κ1) is 21.9. The van der Waals surface area contributed by atoms with E-state index in [2.05, 4.69) is 9.97 Å². The van der Waals surface area contributed by atoms with E-state index in [4.69, 9.17) is 9.15 Å². The number of anilines is 1. The summed E-state index contributed by atoms with van der Waals surface area (Å²) >= 11 is 0. The molecule has 33 heavy (non-hydrogen) atoms. The van der Waals surface area contributed by atoms with Gasteiger partial charge in [-0.15, -0.1) is 0 Å². The van der Waals surface area contributed by atoms with E-state index in [1.807, 2.05) is 4.90 Å². The van der Waals surface area contributed by atoms with Gasteiger partial charge in [-0.1, -0.05) is 0 Å². The first-order valence-corrected chi connectivity index (χ1v) is 10.1. The van der Waals surface area contributed by atoms with Gasteiger partial charge in [-0.05, 0) is 19.1 Å². The van der Waals surface area contributed by atoms with Gasteiger partial charge in [-0.3, -0.25) is 24.3 Å². The summed E-state index contributed by atoms with van der Waals surface area (Å²) in [4.78, 5) is 59.4. The number of hydrogen-bond acceptors (Lipinski definition) is 10. The normalized spacial score (nSPS) is 14.8. The van der Waals surface area contributed by atoms with Crippen LogP contribution in [0.1, 0.15) is 6.92 Å². The molecule has 1 aromatic carbocycles. The van der Waals surface area contributed by atoms with E-state index in [-0.39, 0.29) is 22.7 Å². The van der Waals surface area contributed by atoms with Crippen LogP contribution in [0.25, 0.3) is 11.1 Å². The number of fused-ring (bicyclic) bond motifs is 1. The van der Waals surface area contributed by atoms with Crippen molar-refractivity contribution in [2.45, 2.75) is 19.6 Å². The van der Waals surface area contributed by atoms with Gasteiger partial charge in [0.25, 0.3) is 11.6 Å². The predicted molar refractivity (Wildman–Crippen MR) is 114 cm³/mol. The molecule has 13 heteroatoms. The number of piperazine rings is 1. The Labute approximate surface area is 186 Å². The summed E-state index contributed by atoms with van der Waals surface area (Å²) < 4.78 is 11.2. The van der Waals surface area contributed by atoms with Gasteiger partial charge in [0.05, 0.1) is 16.5 Å². The Morgan fingerprint density at radius 1 is 1.21 bits per heavy atom. The highest BCUT2D eigenvalue weighted by atomic mass is 16.6. The summed E-state index contributed by atoms with van der Waals surface area (Å²) in [5, 5.41) is 10.9. The van der Waals surface area contributed by atoms with Crippen LogP contribution in [0.15, 0.2) is 45.9 Å². The molecule has 0 radical (unpaired) electrons. The van der Waals surface area contributed by atoms with Gasteiger partial charge < -0.3 is 19.0 Å². The number of oxazole rings is 1. The Hall–Kier alpha value is -4.29. The fourth-order valence-corrected chi connectivity index (χ4v) is 3.57. The van der Waals surface area contributed by atoms with Crippen molar-refractivity contribution < 1.29 is 23.7 Å². The number of benzene rings is 1. The minimum Gasteiger partial charge on any atom is -0.451 e. The van der Waals surface area contributed by atoms with Crippen LogP contribution in [0.5, 0.6) is 0 Å². The highest BCUT2D eigenvalue weighted by Gasteiger charge is 2.28. The van der Waals surface area contributed by atoms with Gasteiger partial charge in [0.2, 0.25) is 5.95 Å². The van der Waals surface area contributed by atoms with E-state index in [1.165, 1.54) is 19.1 Å². The lowest BCUT2D eigenvalue weighted by Crippen LogP contribution is -2.52. The lowest BCUT2D eigenvalue weighted by molar-refractivity contribution is -0.384. The molecule has 0 N–H and O–H groups in total. The van der Waals surface area contributed by atoms with E-state index in [0.717, 1.165) is 10.6 Å². The predicted octanol–water partition coefficient (Wildman–Crippen LogP) is 0.573. The molecule has 0 aliphatic carbocycles. The van der Waals surface area contributed by atoms with Gasteiger partial charge in [-0.25, -0.2) is 14.8 Å². The van der Waals surface area contributed by atoms with Gasteiger partial charge in [0.1, 0.15) is 6.54 Å². The zero-order valence-electron chi connectivity index (χ0n) is 17.6. The summed E-state index contributed by atoms with van der Waals surface area (Å²) in [5.41, 5.74) is -0.0590. The number of ether oxygens (including phenoxy) is 1. The Balaban J connectivity index is 1.35. The van der Waals surface area contributed by atoms with Gasteiger partial charge in [-0.2, -0.15) is 0 Å². The van der Waals surface area contributed by atoms with Crippen molar-refractivity contribution in [2.24, 2.45) is 0 Å². The Morgan fingerprint density at radius 2 is 1.91 bits per heavy atom. The summed E-state index contributed by atoms with van der Waals surface area (Å²) in [5.74, 6) is -1.43. The maximum Gasteiger partial charge on any atom is 0.420 e. The number of esters is 1. The van der Waals surface area contributed by atoms with Crippen LogP contribution in [-0.2, 0) is 20.9 Å². The summed E-state index contributed by atoms with van der Waals surface area (Å²) in [6.07, 6.45) is 2.25. The lowest BCUT2D eigenvalue weighted by Gasteiger charge is -2.35. The maximum absolute atomic E-state index is 12.7. The van der Waals surface area contributed by atoms with E-state index >= 15 is 0 Å². The first-order valence-electron chi connectivity index (χ1n) is 10.1. The average molecular weight is 456 g/mol. The SMILES string of the molecule is CC(OC(=O)Cn1c(=O)oc2cc([N+](=O)[O-])ccc21)C(=O)N1CCN(c2ncccn2)CC1. The van der Waals surface area contributed by atoms with Crippen LogP contribution >= 0.6 is 0 Å². The lowest BCUT2D eigenvalue weighted by atomic mass is 10.2. The fraction of sp³-hybridized carbons (Fsp3) is 0.350. The molecule has 172 valence electrons. The highest BCUT2D eigenvalue weighted by molar-refractivity contribution is 5.84. The molecule has 0 spiro atoms. The molecule has 1 saturated heterocycles. The molecular formula is C20H20N6O7. The van der Waals surface area contributed by atoms with Crippen molar-refractivity contribution >= 4 is 34.6 Å². The molecule has 1 amide bonds. The third-order valence-electron chi connectivity index (χ3n) is 5.23. The van der Waals surface area contributed by atoms with E-state index in [1.54, 1.807) is 23.4 Å². The molecule has 1 fully saturated rings. The number of aromatic nitrogens is 3. The molecule has 1 aliphatic heterocycles. The summed E-state index contributed by atoms with van der Waals surface area (Å²) in [6.45, 7) is 2.89. The number of nitrogens with zero attached hydrogens (tertiary/aromatic N) is 6. The van der Waals surface area contributed by atoms with Crippen LogP contribution < -0.4 is 10.7 Å². The molecular weight excluding hydrogens is 436 g/mol. The number of hydrogen-bond donors (Lipinski definition) is 0. The number of carbonyl (C=O) groups excluding carboxylic acids is 2. The van der Waals surface area contributed by atoms with E-state index in [0.29, 0.717) is 32.1 Å². The average Bonchev–Trinajstić information content (AvgIpc) is 3.13. The maximum atomic E-state index is 12.7. The Bertz CT molecular complexity index is 1250. The van der Waals surface area contributed by atoms with Crippen molar-refractivity contribution in [3.63, 3.8) is 0 Å². The molecule has 0 saturated carbocycles. The second-order valence-corrected chi connectivity index (χ2v) is 7.36. The van der Waals surface area contributed by atoms with Crippen molar-refractivity contribution in [1.29, 1.82) is 0 Å². The minimum absolute atomic E-state index is 0.0219. The third kappa shape index (κ3) is 4.66. The topological polar surface area (TPSA) is 154 Å². The number of nitro benzene ring substituents is 1. The van der Waals surface area contributed by atoms with Crippen LogP contribution in [0.3, 0.4) is 0 Å². The first-order chi connectivity index (χ1) is 15.8. The van der Waals surface area contributed by atoms with Gasteiger partial charge in [0, 0.05) is 44.6 Å². The number of amides is 1. The minimum atomic E-state index is -1.05. The highest BCUT2D eigenvalue weighted by Crippen LogP contribution is 2.20. The van der Waals surface area contributed by atoms with Crippen LogP contribution in [0.4, 0.5) is 11.6 Å². The van der Waals surface area contributed by atoms with Crippen molar-refractivity contribution in [2.75, 3.05) is 31.1 Å². The van der Waals surface area contributed by atoms with Gasteiger partial charge >= 0.3 is 11.7 Å². The smallest absolute Gasteiger partial charge is 0.420 e. The summed E-state index contributed by atoms with van der Waals surface area (Å²) in [6, 6.07) is 5.34. The molecule has 13 nitrogen and oxygen atoms in total. The molecule has 3 heterocycles. The fourth-order valence-electron chi connectivity index (χ4n) is 3.57. The standard InChI is InChI=1S/C20H20N6O7/c1-13(18(28)23-7-9-24(10-8-23)19-21-5-2-6-22-19)32-17(27)12-25-15-4-3-14(26(30)31)11-16(15)33-20(25)29/h2-6,11,13H,7-10,12H2,1H3. The number of rotatable bonds is 6. The number of carbonyl (C=O) groups is 2. The molecule has 2 aromatic heterocycles. The molecule has 1 atom stereocenters. The molecule has 1 aliphatic rings. The Morgan fingerprint density at radius 3 is 2.58 bits per heavy atom. The quantitative estimate of drug-likeness (QED) is 0.292. The molecule has 3 aromatic rings. The second kappa shape index (κ2) is 9.06. The Kier molecular flexibility index (Phi) is 6.02. The summed E-state index contributed by atoms with van der Waals surface area (Å²) in [7, 11) is 0. The number of non-ortho nitro benzene ring substituents is 1. The second-order valence-electron chi connectivity index (χ2n) is 7.36. The van der Waals surface area contributed by atoms with Crippen molar-refractivity contribution in [3.8, 4) is 0 Å². The van der Waals surface area contributed by atoms with Crippen molar-refractivity contribution in [3.05, 3.63) is 57.3 Å². The third-order valence-corrected chi connectivity index (χ3v) is 5.23. The van der Waals surface area contributed by atoms with Crippen LogP contribution in [0, 0.1) is 10.1 Å². The van der Waals surface area contributed by atoms with Crippen LogP contribution in [-0.4, -0.2) is 68.5 Å². The monoisotopic (exact) mass is 456 g/mol. The van der Waals surface area contributed by atoms with Crippen molar-refractivity contribution in [1.82, 2.24) is 19.4 Å². The molecule has 0 bridgehead atoms. The van der Waals surface area contributed by atoms with E-state index < -0.39 is 29.3 Å². The molecule has 4 rings (SSSR count). The zero-order chi connectivity index (χ0) is 23.5. The largest absolute Gasteiger partial charge is 0.451 e. The number of nitro groups is 1. The zero-order valence-corrected chi connectivity index (χ0v) is 17.6.